The fourth-order valence-corrected chi connectivity index (χ4v) is 4.13. The van der Waals surface area contributed by atoms with Gasteiger partial charge in [0.2, 0.25) is 0 Å². The molecule has 2 saturated heterocycles. The van der Waals surface area contributed by atoms with Crippen LogP contribution in [0.2, 0.25) is 0 Å². The van der Waals surface area contributed by atoms with E-state index in [-0.39, 0.29) is 24.0 Å². The highest BCUT2D eigenvalue weighted by Crippen LogP contribution is 2.30. The van der Waals surface area contributed by atoms with Crippen molar-refractivity contribution < 1.29 is 9.47 Å². The maximum Gasteiger partial charge on any atom is 0.191 e. The van der Waals surface area contributed by atoms with Gasteiger partial charge in [-0.25, -0.2) is 0 Å². The van der Waals surface area contributed by atoms with Gasteiger partial charge in [0.15, 0.2) is 5.96 Å². The first-order chi connectivity index (χ1) is 13.6. The molecule has 29 heavy (non-hydrogen) atoms. The minimum atomic E-state index is 0. The molecule has 0 spiro atoms. The lowest BCUT2D eigenvalue weighted by Crippen LogP contribution is -2.53. The Hall–Kier alpha value is -1.26. The minimum absolute atomic E-state index is 0. The number of anilines is 1. The van der Waals surface area contributed by atoms with E-state index in [2.05, 4.69) is 51.4 Å². The topological polar surface area (TPSA) is 61.4 Å². The van der Waals surface area contributed by atoms with Crippen LogP contribution in [0.3, 0.4) is 0 Å². The second-order valence-corrected chi connectivity index (χ2v) is 7.71. The molecule has 7 nitrogen and oxygen atoms in total. The van der Waals surface area contributed by atoms with Crippen molar-refractivity contribution in [2.24, 2.45) is 4.99 Å². The summed E-state index contributed by atoms with van der Waals surface area (Å²) in [4.78, 5) is 9.31. The summed E-state index contributed by atoms with van der Waals surface area (Å²) in [6, 6.07) is 9.48. The predicted octanol–water partition coefficient (Wildman–Crippen LogP) is 2.17. The number of hydrogen-bond acceptors (Lipinski definition) is 5. The normalized spacial score (nSPS) is 24.0. The van der Waals surface area contributed by atoms with Gasteiger partial charge in [-0.1, -0.05) is 12.1 Å². The summed E-state index contributed by atoms with van der Waals surface area (Å²) in [6.07, 6.45) is 1.08. The van der Waals surface area contributed by atoms with Crippen molar-refractivity contribution in [3.63, 3.8) is 0 Å². The van der Waals surface area contributed by atoms with Gasteiger partial charge in [0.1, 0.15) is 5.75 Å². The van der Waals surface area contributed by atoms with Crippen molar-refractivity contribution in [2.45, 2.75) is 38.4 Å². The van der Waals surface area contributed by atoms with E-state index in [0.29, 0.717) is 18.1 Å². The summed E-state index contributed by atoms with van der Waals surface area (Å²) in [6.45, 7) is 9.95. The van der Waals surface area contributed by atoms with Crippen molar-refractivity contribution in [3.05, 3.63) is 24.3 Å². The van der Waals surface area contributed by atoms with Crippen molar-refractivity contribution in [1.82, 2.24) is 15.5 Å². The molecule has 2 aliphatic rings. The third-order valence-electron chi connectivity index (χ3n) is 5.73. The summed E-state index contributed by atoms with van der Waals surface area (Å²) in [5.41, 5.74) is 1.16. The van der Waals surface area contributed by atoms with Gasteiger partial charge in [-0.3, -0.25) is 9.89 Å². The predicted molar refractivity (Wildman–Crippen MR) is 130 cm³/mol. The van der Waals surface area contributed by atoms with E-state index >= 15 is 0 Å². The third-order valence-corrected chi connectivity index (χ3v) is 5.73. The summed E-state index contributed by atoms with van der Waals surface area (Å²) >= 11 is 0. The molecule has 1 aromatic carbocycles. The molecule has 3 atom stereocenters. The molecule has 2 aliphatic heterocycles. The highest BCUT2D eigenvalue weighted by molar-refractivity contribution is 14.0. The summed E-state index contributed by atoms with van der Waals surface area (Å²) in [5, 5.41) is 7.09. The van der Waals surface area contributed by atoms with Crippen LogP contribution in [0, 0.1) is 0 Å². The van der Waals surface area contributed by atoms with Gasteiger partial charge in [-0.05, 0) is 32.4 Å². The van der Waals surface area contributed by atoms with E-state index < -0.39 is 0 Å². The molecule has 164 valence electrons. The second kappa shape index (κ2) is 11.8. The number of guanidine groups is 1. The van der Waals surface area contributed by atoms with E-state index in [1.54, 1.807) is 7.11 Å². The van der Waals surface area contributed by atoms with Gasteiger partial charge < -0.3 is 25.0 Å². The lowest BCUT2D eigenvalue weighted by Gasteiger charge is -2.38. The molecule has 0 amide bonds. The van der Waals surface area contributed by atoms with Crippen molar-refractivity contribution in [1.29, 1.82) is 0 Å². The molecule has 0 radical (unpaired) electrons. The number of nitrogens with one attached hydrogen (secondary N) is 2. The first-order valence-corrected chi connectivity index (χ1v) is 10.3. The zero-order chi connectivity index (χ0) is 19.9. The molecular formula is C21H36IN5O2. The Labute approximate surface area is 192 Å². The number of ether oxygens (including phenoxy) is 2. The van der Waals surface area contributed by atoms with E-state index in [4.69, 9.17) is 9.47 Å². The molecule has 0 saturated carbocycles. The first kappa shape index (κ1) is 24.0. The van der Waals surface area contributed by atoms with Crippen LogP contribution in [0.25, 0.3) is 0 Å². The van der Waals surface area contributed by atoms with Crippen LogP contribution in [0.15, 0.2) is 29.3 Å². The summed E-state index contributed by atoms with van der Waals surface area (Å²) in [7, 11) is 3.57. The molecule has 0 bridgehead atoms. The Morgan fingerprint density at radius 2 is 2.14 bits per heavy atom. The zero-order valence-electron chi connectivity index (χ0n) is 18.1. The molecule has 0 aromatic heterocycles. The molecule has 3 rings (SSSR count). The molecule has 1 aromatic rings. The Balaban J connectivity index is 0.00000300. The largest absolute Gasteiger partial charge is 0.495 e. The zero-order valence-corrected chi connectivity index (χ0v) is 20.4. The Morgan fingerprint density at radius 1 is 1.34 bits per heavy atom. The maximum absolute atomic E-state index is 5.55. The van der Waals surface area contributed by atoms with Crippen LogP contribution in [0.1, 0.15) is 20.3 Å². The van der Waals surface area contributed by atoms with Crippen molar-refractivity contribution in [3.8, 4) is 5.75 Å². The van der Waals surface area contributed by atoms with Gasteiger partial charge >= 0.3 is 0 Å². The second-order valence-electron chi connectivity index (χ2n) is 7.71. The average molecular weight is 517 g/mol. The molecule has 3 unspecified atom stereocenters. The number of benzene rings is 1. The monoisotopic (exact) mass is 517 g/mol. The van der Waals surface area contributed by atoms with Gasteiger partial charge in [0.25, 0.3) is 0 Å². The van der Waals surface area contributed by atoms with E-state index in [1.165, 1.54) is 0 Å². The van der Waals surface area contributed by atoms with Crippen LogP contribution in [-0.4, -0.2) is 82.5 Å². The first-order valence-electron chi connectivity index (χ1n) is 10.3. The van der Waals surface area contributed by atoms with Gasteiger partial charge in [-0.2, -0.15) is 0 Å². The fraction of sp³-hybridized carbons (Fsp3) is 0.667. The summed E-state index contributed by atoms with van der Waals surface area (Å²) in [5.74, 6) is 1.80. The smallest absolute Gasteiger partial charge is 0.191 e. The SMILES string of the molecule is CN=C(NCC(C)N1CCOCC1C)NC1CCN(c2ccccc2OC)C1.I. The van der Waals surface area contributed by atoms with Crippen LogP contribution >= 0.6 is 24.0 Å². The van der Waals surface area contributed by atoms with Crippen LogP contribution < -0.4 is 20.3 Å². The average Bonchev–Trinajstić information content (AvgIpc) is 3.19. The van der Waals surface area contributed by atoms with Crippen molar-refractivity contribution in [2.75, 3.05) is 58.5 Å². The van der Waals surface area contributed by atoms with E-state index in [0.717, 1.165) is 63.2 Å². The van der Waals surface area contributed by atoms with Gasteiger partial charge in [0.05, 0.1) is 26.0 Å². The number of rotatable bonds is 6. The maximum atomic E-state index is 5.55. The van der Waals surface area contributed by atoms with Crippen LogP contribution in [-0.2, 0) is 4.74 Å². The van der Waals surface area contributed by atoms with E-state index in [1.807, 2.05) is 19.2 Å². The summed E-state index contributed by atoms with van der Waals surface area (Å²) < 4.78 is 11.1. The highest BCUT2D eigenvalue weighted by atomic mass is 127. The quantitative estimate of drug-likeness (QED) is 0.343. The molecule has 2 fully saturated rings. The Bertz CT molecular complexity index is 660. The number of para-hydroxylation sites is 2. The fourth-order valence-electron chi connectivity index (χ4n) is 4.13. The number of aliphatic imine (C=N–C) groups is 1. The number of morpholine rings is 1. The number of nitrogens with zero attached hydrogens (tertiary/aromatic N) is 3. The Morgan fingerprint density at radius 3 is 2.86 bits per heavy atom. The van der Waals surface area contributed by atoms with E-state index in [9.17, 15) is 0 Å². The number of methoxy groups -OCH3 is 1. The Kier molecular flexibility index (Phi) is 9.78. The minimum Gasteiger partial charge on any atom is -0.495 e. The molecular weight excluding hydrogens is 481 g/mol. The lowest BCUT2D eigenvalue weighted by atomic mass is 10.2. The number of halogens is 1. The molecule has 0 aliphatic carbocycles. The third kappa shape index (κ3) is 6.36. The standard InChI is InChI=1S/C21H35N5O2.HI/c1-16(26-11-12-28-15-17(26)2)13-23-21(22-3)24-18-9-10-25(14-18)19-7-5-6-8-20(19)27-4;/h5-8,16-18H,9-15H2,1-4H3,(H2,22,23,24);1H. The molecule has 2 heterocycles. The molecule has 8 heteroatoms. The van der Waals surface area contributed by atoms with Crippen LogP contribution in [0.5, 0.6) is 5.75 Å². The van der Waals surface area contributed by atoms with Crippen molar-refractivity contribution >= 4 is 35.6 Å². The van der Waals surface area contributed by atoms with Gasteiger partial charge in [0, 0.05) is 51.4 Å². The van der Waals surface area contributed by atoms with Gasteiger partial charge in [-0.15, -0.1) is 24.0 Å². The highest BCUT2D eigenvalue weighted by Gasteiger charge is 2.26. The molecule has 2 N–H and O–H groups in total. The number of hydrogen-bond donors (Lipinski definition) is 2. The lowest BCUT2D eigenvalue weighted by molar-refractivity contribution is -0.0174. The van der Waals surface area contributed by atoms with Crippen LogP contribution in [0.4, 0.5) is 5.69 Å².